The molecule has 0 saturated heterocycles. The number of nitrogens with zero attached hydrogens (tertiary/aromatic N) is 4. The number of aromatic nitrogens is 4. The van der Waals surface area contributed by atoms with Gasteiger partial charge < -0.3 is 15.2 Å². The van der Waals surface area contributed by atoms with Crippen molar-refractivity contribution in [1.29, 1.82) is 0 Å². The standard InChI is InChI=1S/C24H23ClN6O4/c1-30(20-21(26)31(24(34)28-23(20)33)14-15-6-3-2-4-7-15)19(32)9-5-8-18-27-22(29-35-18)16-10-12-17(25)13-11-16/h2-4,6-7,10-13H,5,8-9,14,26H2,1H3,(H,28,33,34). The Morgan fingerprint density at radius 2 is 1.86 bits per heavy atom. The number of aromatic amines is 1. The summed E-state index contributed by atoms with van der Waals surface area (Å²) in [6.07, 6.45) is 0.887. The van der Waals surface area contributed by atoms with Gasteiger partial charge in [0.15, 0.2) is 5.69 Å². The van der Waals surface area contributed by atoms with E-state index in [1.165, 1.54) is 16.5 Å². The van der Waals surface area contributed by atoms with Crippen molar-refractivity contribution >= 4 is 29.0 Å². The maximum absolute atomic E-state index is 12.8. The summed E-state index contributed by atoms with van der Waals surface area (Å²) in [5.41, 5.74) is 6.31. The molecule has 0 saturated carbocycles. The minimum atomic E-state index is -0.725. The van der Waals surface area contributed by atoms with Gasteiger partial charge >= 0.3 is 5.69 Å². The van der Waals surface area contributed by atoms with Gasteiger partial charge in [-0.3, -0.25) is 19.1 Å². The Kier molecular flexibility index (Phi) is 7.11. The van der Waals surface area contributed by atoms with Crippen molar-refractivity contribution < 1.29 is 9.32 Å². The normalized spacial score (nSPS) is 10.9. The van der Waals surface area contributed by atoms with Crippen LogP contribution in [0.25, 0.3) is 11.4 Å². The van der Waals surface area contributed by atoms with Crippen LogP contribution in [0.3, 0.4) is 0 Å². The zero-order valence-corrected chi connectivity index (χ0v) is 19.7. The first kappa shape index (κ1) is 24.0. The minimum absolute atomic E-state index is 0.0756. The smallest absolute Gasteiger partial charge is 0.330 e. The number of hydrogen-bond donors (Lipinski definition) is 2. The van der Waals surface area contributed by atoms with Crippen molar-refractivity contribution in [2.75, 3.05) is 17.7 Å². The van der Waals surface area contributed by atoms with Crippen molar-refractivity contribution in [1.82, 2.24) is 19.7 Å². The fourth-order valence-electron chi connectivity index (χ4n) is 3.58. The molecule has 0 aliphatic rings. The average molecular weight is 495 g/mol. The van der Waals surface area contributed by atoms with E-state index < -0.39 is 11.2 Å². The van der Waals surface area contributed by atoms with Crippen LogP contribution >= 0.6 is 11.6 Å². The fourth-order valence-corrected chi connectivity index (χ4v) is 3.71. The Morgan fingerprint density at radius 3 is 2.57 bits per heavy atom. The molecular weight excluding hydrogens is 472 g/mol. The molecule has 10 nitrogen and oxygen atoms in total. The predicted molar refractivity (Wildman–Crippen MR) is 132 cm³/mol. The molecular formula is C24H23ClN6O4. The SMILES string of the molecule is CN(C(=O)CCCc1nc(-c2ccc(Cl)cc2)no1)c1c(N)n(Cc2ccccc2)c(=O)[nH]c1=O. The van der Waals surface area contributed by atoms with Crippen molar-refractivity contribution in [2.45, 2.75) is 25.8 Å². The third-order valence-corrected chi connectivity index (χ3v) is 5.71. The molecule has 2 aromatic heterocycles. The molecule has 1 amide bonds. The van der Waals surface area contributed by atoms with Crippen molar-refractivity contribution in [2.24, 2.45) is 0 Å². The summed E-state index contributed by atoms with van der Waals surface area (Å²) in [6.45, 7) is 0.157. The molecule has 2 heterocycles. The summed E-state index contributed by atoms with van der Waals surface area (Å²) in [5, 5.41) is 4.56. The first-order valence-corrected chi connectivity index (χ1v) is 11.2. The van der Waals surface area contributed by atoms with Crippen LogP contribution in [0.1, 0.15) is 24.3 Å². The molecule has 0 aliphatic heterocycles. The number of nitrogens with two attached hydrogens (primary N) is 1. The number of halogens is 1. The van der Waals surface area contributed by atoms with Crippen molar-refractivity contribution in [3.8, 4) is 11.4 Å². The van der Waals surface area contributed by atoms with Gasteiger partial charge in [-0.25, -0.2) is 4.79 Å². The lowest BCUT2D eigenvalue weighted by atomic mass is 10.2. The minimum Gasteiger partial charge on any atom is -0.383 e. The lowest BCUT2D eigenvalue weighted by molar-refractivity contribution is -0.118. The molecule has 0 radical (unpaired) electrons. The number of aryl methyl sites for hydroxylation is 1. The number of carbonyl (C=O) groups is 1. The summed E-state index contributed by atoms with van der Waals surface area (Å²) < 4.78 is 6.50. The van der Waals surface area contributed by atoms with Crippen molar-refractivity contribution in [3.05, 3.63) is 91.9 Å². The maximum Gasteiger partial charge on any atom is 0.330 e. The molecule has 3 N–H and O–H groups in total. The number of H-pyrrole nitrogens is 1. The number of benzene rings is 2. The van der Waals surface area contributed by atoms with E-state index in [9.17, 15) is 14.4 Å². The summed E-state index contributed by atoms with van der Waals surface area (Å²) in [6, 6.07) is 16.2. The molecule has 11 heteroatoms. The highest BCUT2D eigenvalue weighted by molar-refractivity contribution is 6.30. The van der Waals surface area contributed by atoms with Gasteiger partial charge in [-0.05, 0) is 36.2 Å². The Bertz CT molecular complexity index is 1440. The van der Waals surface area contributed by atoms with Gasteiger partial charge in [-0.2, -0.15) is 4.98 Å². The van der Waals surface area contributed by atoms with Gasteiger partial charge in [-0.15, -0.1) is 0 Å². The molecule has 0 spiro atoms. The zero-order chi connectivity index (χ0) is 24.9. The predicted octanol–water partition coefficient (Wildman–Crippen LogP) is 2.86. The molecule has 2 aromatic carbocycles. The van der Waals surface area contributed by atoms with E-state index >= 15 is 0 Å². The molecule has 0 fully saturated rings. The van der Waals surface area contributed by atoms with Crippen LogP contribution < -0.4 is 21.9 Å². The van der Waals surface area contributed by atoms with Crippen LogP contribution in [0.5, 0.6) is 0 Å². The fraction of sp³-hybridized carbons (Fsp3) is 0.208. The second-order valence-corrected chi connectivity index (χ2v) is 8.33. The monoisotopic (exact) mass is 494 g/mol. The van der Waals surface area contributed by atoms with Crippen LogP contribution in [0.15, 0.2) is 68.7 Å². The maximum atomic E-state index is 12.8. The quantitative estimate of drug-likeness (QED) is 0.383. The number of carbonyl (C=O) groups excluding carboxylic acids is 1. The highest BCUT2D eigenvalue weighted by Crippen LogP contribution is 2.20. The van der Waals surface area contributed by atoms with Gasteiger partial charge in [0.05, 0.1) is 6.54 Å². The van der Waals surface area contributed by atoms with Gasteiger partial charge in [0, 0.05) is 30.5 Å². The van der Waals surface area contributed by atoms with Gasteiger partial charge in [0.2, 0.25) is 17.6 Å². The second kappa shape index (κ2) is 10.4. The Hall–Kier alpha value is -4.18. The van der Waals surface area contributed by atoms with E-state index in [0.29, 0.717) is 29.6 Å². The topological polar surface area (TPSA) is 140 Å². The molecule has 0 atom stereocenters. The highest BCUT2D eigenvalue weighted by Gasteiger charge is 2.21. The second-order valence-electron chi connectivity index (χ2n) is 7.89. The number of nitrogen functional groups attached to an aromatic ring is 1. The number of amides is 1. The number of hydrogen-bond acceptors (Lipinski definition) is 7. The third-order valence-electron chi connectivity index (χ3n) is 5.46. The highest BCUT2D eigenvalue weighted by atomic mass is 35.5. The zero-order valence-electron chi connectivity index (χ0n) is 18.9. The lowest BCUT2D eigenvalue weighted by Crippen LogP contribution is -2.39. The summed E-state index contributed by atoms with van der Waals surface area (Å²) in [5.74, 6) is 0.395. The Labute approximate surface area is 205 Å². The van der Waals surface area contributed by atoms with Crippen LogP contribution in [0.2, 0.25) is 5.02 Å². The summed E-state index contributed by atoms with van der Waals surface area (Å²) in [4.78, 5) is 45.4. The van der Waals surface area contributed by atoms with E-state index in [-0.39, 0.29) is 30.4 Å². The van der Waals surface area contributed by atoms with Gasteiger partial charge in [-0.1, -0.05) is 47.1 Å². The third kappa shape index (κ3) is 5.49. The number of anilines is 2. The van der Waals surface area contributed by atoms with Gasteiger partial charge in [0.25, 0.3) is 5.56 Å². The van der Waals surface area contributed by atoms with E-state index in [1.807, 2.05) is 30.3 Å². The molecule has 4 rings (SSSR count). The Morgan fingerprint density at radius 1 is 1.14 bits per heavy atom. The summed E-state index contributed by atoms with van der Waals surface area (Å²) in [7, 11) is 1.45. The van der Waals surface area contributed by atoms with E-state index in [0.717, 1.165) is 11.1 Å². The van der Waals surface area contributed by atoms with E-state index in [1.54, 1.807) is 24.3 Å². The average Bonchev–Trinajstić information content (AvgIpc) is 3.31. The molecule has 35 heavy (non-hydrogen) atoms. The van der Waals surface area contributed by atoms with Crippen molar-refractivity contribution in [3.63, 3.8) is 0 Å². The summed E-state index contributed by atoms with van der Waals surface area (Å²) >= 11 is 5.90. The lowest BCUT2D eigenvalue weighted by Gasteiger charge is -2.20. The molecule has 0 bridgehead atoms. The molecule has 180 valence electrons. The molecule has 4 aromatic rings. The van der Waals surface area contributed by atoms with E-state index in [4.69, 9.17) is 21.9 Å². The number of rotatable bonds is 8. The first-order valence-electron chi connectivity index (χ1n) is 10.8. The van der Waals surface area contributed by atoms with E-state index in [2.05, 4.69) is 15.1 Å². The van der Waals surface area contributed by atoms with Crippen LogP contribution in [-0.4, -0.2) is 32.6 Å². The molecule has 0 unspecified atom stereocenters. The molecule has 0 aliphatic carbocycles. The van der Waals surface area contributed by atoms with Crippen LogP contribution in [0.4, 0.5) is 11.5 Å². The van der Waals surface area contributed by atoms with Crippen LogP contribution in [-0.2, 0) is 17.8 Å². The first-order chi connectivity index (χ1) is 16.8. The van der Waals surface area contributed by atoms with Crippen LogP contribution in [0, 0.1) is 0 Å². The number of nitrogens with one attached hydrogen (secondary N) is 1. The largest absolute Gasteiger partial charge is 0.383 e. The Balaban J connectivity index is 1.42. The van der Waals surface area contributed by atoms with Gasteiger partial charge in [0.1, 0.15) is 5.82 Å².